The summed E-state index contributed by atoms with van der Waals surface area (Å²) in [6.07, 6.45) is 2.43. The van der Waals surface area contributed by atoms with E-state index in [0.717, 1.165) is 26.3 Å². The fourth-order valence-corrected chi connectivity index (χ4v) is 3.50. The third-order valence-electron chi connectivity index (χ3n) is 5.00. The van der Waals surface area contributed by atoms with Crippen molar-refractivity contribution in [1.82, 2.24) is 15.1 Å². The predicted octanol–water partition coefficient (Wildman–Crippen LogP) is 1.42. The van der Waals surface area contributed by atoms with Gasteiger partial charge < -0.3 is 15.0 Å². The molecule has 0 aromatic heterocycles. The van der Waals surface area contributed by atoms with E-state index >= 15 is 0 Å². The van der Waals surface area contributed by atoms with E-state index in [1.54, 1.807) is 0 Å². The Labute approximate surface area is 124 Å². The number of hydrogen-bond donors (Lipinski definition) is 1. The Balaban J connectivity index is 1.85. The van der Waals surface area contributed by atoms with Gasteiger partial charge in [0.05, 0.1) is 0 Å². The molecule has 1 N–H and O–H groups in total. The molecule has 0 amide bonds. The number of nitrogens with zero attached hydrogens (tertiary/aromatic N) is 2. The highest BCUT2D eigenvalue weighted by Crippen LogP contribution is 2.31. The van der Waals surface area contributed by atoms with Gasteiger partial charge in [-0.05, 0) is 38.6 Å². The van der Waals surface area contributed by atoms with Crippen LogP contribution < -0.4 is 5.32 Å². The van der Waals surface area contributed by atoms with Crippen LogP contribution in [0.15, 0.2) is 0 Å². The van der Waals surface area contributed by atoms with Crippen molar-refractivity contribution in [2.75, 3.05) is 59.0 Å². The molecular weight excluding hydrogens is 250 g/mol. The van der Waals surface area contributed by atoms with Crippen LogP contribution in [0, 0.1) is 5.41 Å². The zero-order chi connectivity index (χ0) is 14.4. The summed E-state index contributed by atoms with van der Waals surface area (Å²) >= 11 is 0. The summed E-state index contributed by atoms with van der Waals surface area (Å²) in [4.78, 5) is 5.28. The molecule has 2 rings (SSSR count). The molecule has 4 heteroatoms. The zero-order valence-corrected chi connectivity index (χ0v) is 13.7. The molecule has 0 bridgehead atoms. The molecule has 20 heavy (non-hydrogen) atoms. The molecule has 0 atom stereocenters. The molecule has 0 spiro atoms. The second-order valence-electron chi connectivity index (χ2n) is 6.80. The molecule has 0 saturated carbocycles. The van der Waals surface area contributed by atoms with E-state index in [1.807, 2.05) is 0 Å². The van der Waals surface area contributed by atoms with Gasteiger partial charge in [-0.1, -0.05) is 6.92 Å². The van der Waals surface area contributed by atoms with Crippen molar-refractivity contribution in [3.8, 4) is 0 Å². The SMILES string of the molecule is CCNCC1(CN2CCN(C(C)C)CC2)CCOCC1. The maximum Gasteiger partial charge on any atom is 0.0472 e. The van der Waals surface area contributed by atoms with E-state index in [4.69, 9.17) is 4.74 Å². The van der Waals surface area contributed by atoms with Gasteiger partial charge in [-0.25, -0.2) is 0 Å². The minimum Gasteiger partial charge on any atom is -0.381 e. The van der Waals surface area contributed by atoms with Crippen LogP contribution in [0.1, 0.15) is 33.6 Å². The van der Waals surface area contributed by atoms with Crippen LogP contribution >= 0.6 is 0 Å². The summed E-state index contributed by atoms with van der Waals surface area (Å²) in [6.45, 7) is 17.1. The number of hydrogen-bond acceptors (Lipinski definition) is 4. The van der Waals surface area contributed by atoms with Crippen molar-refractivity contribution >= 4 is 0 Å². The fourth-order valence-electron chi connectivity index (χ4n) is 3.50. The summed E-state index contributed by atoms with van der Waals surface area (Å²) in [5, 5.41) is 3.58. The van der Waals surface area contributed by atoms with Crippen molar-refractivity contribution in [3.63, 3.8) is 0 Å². The van der Waals surface area contributed by atoms with Gasteiger partial charge in [-0.3, -0.25) is 4.90 Å². The quantitative estimate of drug-likeness (QED) is 0.798. The second-order valence-corrected chi connectivity index (χ2v) is 6.80. The topological polar surface area (TPSA) is 27.7 Å². The average molecular weight is 283 g/mol. The van der Waals surface area contributed by atoms with Crippen molar-refractivity contribution in [1.29, 1.82) is 0 Å². The molecule has 0 aromatic rings. The van der Waals surface area contributed by atoms with Crippen LogP contribution in [-0.2, 0) is 4.74 Å². The van der Waals surface area contributed by atoms with E-state index in [0.29, 0.717) is 11.5 Å². The van der Waals surface area contributed by atoms with Crippen molar-refractivity contribution in [3.05, 3.63) is 0 Å². The van der Waals surface area contributed by atoms with Gasteiger partial charge in [0.2, 0.25) is 0 Å². The zero-order valence-electron chi connectivity index (χ0n) is 13.7. The third-order valence-corrected chi connectivity index (χ3v) is 5.00. The van der Waals surface area contributed by atoms with Gasteiger partial charge in [0.15, 0.2) is 0 Å². The van der Waals surface area contributed by atoms with E-state index < -0.39 is 0 Å². The Morgan fingerprint density at radius 2 is 1.75 bits per heavy atom. The molecular formula is C16H33N3O. The summed E-state index contributed by atoms with van der Waals surface area (Å²) in [7, 11) is 0. The first kappa shape index (κ1) is 16.2. The Bertz CT molecular complexity index is 269. The molecule has 2 saturated heterocycles. The molecule has 0 aromatic carbocycles. The molecule has 2 aliphatic rings. The van der Waals surface area contributed by atoms with Crippen molar-refractivity contribution in [2.24, 2.45) is 5.41 Å². The second kappa shape index (κ2) is 7.74. The number of ether oxygens (including phenoxy) is 1. The summed E-state index contributed by atoms with van der Waals surface area (Å²) < 4.78 is 5.59. The third kappa shape index (κ3) is 4.42. The molecule has 0 radical (unpaired) electrons. The lowest BCUT2D eigenvalue weighted by atomic mass is 9.79. The monoisotopic (exact) mass is 283 g/mol. The first-order valence-electron chi connectivity index (χ1n) is 8.40. The van der Waals surface area contributed by atoms with E-state index in [2.05, 4.69) is 35.9 Å². The van der Waals surface area contributed by atoms with Crippen LogP contribution in [0.25, 0.3) is 0 Å². The van der Waals surface area contributed by atoms with Crippen LogP contribution in [0.5, 0.6) is 0 Å². The molecule has 0 aliphatic carbocycles. The van der Waals surface area contributed by atoms with Crippen LogP contribution in [-0.4, -0.2) is 74.9 Å². The van der Waals surface area contributed by atoms with Gasteiger partial charge >= 0.3 is 0 Å². The van der Waals surface area contributed by atoms with Crippen LogP contribution in [0.2, 0.25) is 0 Å². The first-order chi connectivity index (χ1) is 9.65. The Kier molecular flexibility index (Phi) is 6.27. The summed E-state index contributed by atoms with van der Waals surface area (Å²) in [5.74, 6) is 0. The van der Waals surface area contributed by atoms with Gasteiger partial charge in [-0.2, -0.15) is 0 Å². The van der Waals surface area contributed by atoms with Gasteiger partial charge in [0.25, 0.3) is 0 Å². The normalized spacial score (nSPS) is 25.2. The van der Waals surface area contributed by atoms with E-state index in [-0.39, 0.29) is 0 Å². The van der Waals surface area contributed by atoms with Crippen molar-refractivity contribution < 1.29 is 4.74 Å². The first-order valence-corrected chi connectivity index (χ1v) is 8.40. The number of nitrogens with one attached hydrogen (secondary N) is 1. The number of rotatable bonds is 6. The highest BCUT2D eigenvalue weighted by molar-refractivity contribution is 4.88. The molecule has 4 nitrogen and oxygen atoms in total. The smallest absolute Gasteiger partial charge is 0.0472 e. The standard InChI is InChI=1S/C16H33N3O/c1-4-17-13-16(5-11-20-12-6-16)14-18-7-9-19(10-8-18)15(2)3/h15,17H,4-14H2,1-3H3. The number of piperazine rings is 1. The molecule has 2 heterocycles. The van der Waals surface area contributed by atoms with Gasteiger partial charge in [-0.15, -0.1) is 0 Å². The van der Waals surface area contributed by atoms with Gasteiger partial charge in [0.1, 0.15) is 0 Å². The van der Waals surface area contributed by atoms with Gasteiger partial charge in [0, 0.05) is 58.5 Å². The Morgan fingerprint density at radius 1 is 1.10 bits per heavy atom. The highest BCUT2D eigenvalue weighted by Gasteiger charge is 2.35. The molecule has 2 fully saturated rings. The molecule has 2 aliphatic heterocycles. The largest absolute Gasteiger partial charge is 0.381 e. The lowest BCUT2D eigenvalue weighted by Gasteiger charge is -2.44. The highest BCUT2D eigenvalue weighted by atomic mass is 16.5. The Morgan fingerprint density at radius 3 is 2.30 bits per heavy atom. The van der Waals surface area contributed by atoms with Crippen LogP contribution in [0.3, 0.4) is 0 Å². The fraction of sp³-hybridized carbons (Fsp3) is 1.00. The predicted molar refractivity (Wildman–Crippen MR) is 84.2 cm³/mol. The lowest BCUT2D eigenvalue weighted by molar-refractivity contribution is -0.0139. The Hall–Kier alpha value is -0.160. The van der Waals surface area contributed by atoms with E-state index in [9.17, 15) is 0 Å². The van der Waals surface area contributed by atoms with E-state index in [1.165, 1.54) is 45.6 Å². The minimum atomic E-state index is 0.439. The minimum absolute atomic E-state index is 0.439. The van der Waals surface area contributed by atoms with Crippen molar-refractivity contribution in [2.45, 2.75) is 39.7 Å². The lowest BCUT2D eigenvalue weighted by Crippen LogP contribution is -2.54. The maximum atomic E-state index is 5.59. The maximum absolute atomic E-state index is 5.59. The molecule has 118 valence electrons. The average Bonchev–Trinajstić information content (AvgIpc) is 2.47. The molecule has 0 unspecified atom stereocenters. The summed E-state index contributed by atoms with van der Waals surface area (Å²) in [6, 6.07) is 0.691. The summed E-state index contributed by atoms with van der Waals surface area (Å²) in [5.41, 5.74) is 0.439. The van der Waals surface area contributed by atoms with Crippen LogP contribution in [0.4, 0.5) is 0 Å².